The summed E-state index contributed by atoms with van der Waals surface area (Å²) in [6, 6.07) is 1.16. The molecule has 1 amide bonds. The lowest BCUT2D eigenvalue weighted by Crippen LogP contribution is -2.75. The van der Waals surface area contributed by atoms with Crippen LogP contribution < -0.4 is 5.32 Å². The zero-order valence-electron chi connectivity index (χ0n) is 17.3. The number of aryl methyl sites for hydroxylation is 1. The van der Waals surface area contributed by atoms with Crippen LogP contribution in [-0.2, 0) is 4.79 Å². The van der Waals surface area contributed by atoms with Gasteiger partial charge < -0.3 is 5.32 Å². The monoisotopic (exact) mass is 598 g/mol. The number of carbonyl (C=O) groups is 1. The fourth-order valence-electron chi connectivity index (χ4n) is 2.41. The Kier molecular flexibility index (Phi) is 7.79. The second-order valence-electron chi connectivity index (χ2n) is 7.23. The average molecular weight is 598 g/mol. The Labute approximate surface area is 196 Å². The molecule has 22 heteroatoms. The van der Waals surface area contributed by atoms with Gasteiger partial charge in [0.2, 0.25) is 0 Å². The van der Waals surface area contributed by atoms with Gasteiger partial charge in [-0.3, -0.25) is 14.9 Å². The maximum Gasteiger partial charge on any atom is 0.460 e. The summed E-state index contributed by atoms with van der Waals surface area (Å²) in [5, 5.41) is 11.3. The lowest BCUT2D eigenvalue weighted by atomic mass is 9.88. The highest BCUT2D eigenvalue weighted by molar-refractivity contribution is 5.97. The molecule has 0 unspecified atom stereocenters. The first kappa shape index (κ1) is 32.9. The maximum atomic E-state index is 13.9. The molecule has 0 heterocycles. The molecule has 0 spiro atoms. The fourth-order valence-corrected chi connectivity index (χ4v) is 2.41. The Hall–Kier alpha value is -3.10. The average Bonchev–Trinajstić information content (AvgIpc) is 2.73. The van der Waals surface area contributed by atoms with E-state index in [1.165, 1.54) is 0 Å². The number of hydrogen-bond acceptors (Lipinski definition) is 3. The van der Waals surface area contributed by atoms with Crippen LogP contribution in [0.15, 0.2) is 18.2 Å². The maximum absolute atomic E-state index is 13.9. The van der Waals surface area contributed by atoms with Gasteiger partial charge >= 0.3 is 53.5 Å². The Morgan fingerprint density at radius 3 is 1.39 bits per heavy atom. The summed E-state index contributed by atoms with van der Waals surface area (Å²) >= 11 is 0. The van der Waals surface area contributed by atoms with Crippen LogP contribution in [0.3, 0.4) is 0 Å². The highest BCUT2D eigenvalue weighted by atomic mass is 19.4. The minimum atomic E-state index is -8.81. The molecule has 0 radical (unpaired) electrons. The minimum Gasteiger partial charge on any atom is -0.320 e. The van der Waals surface area contributed by atoms with Gasteiger partial charge in [0, 0.05) is 17.8 Å². The van der Waals surface area contributed by atoms with Crippen molar-refractivity contribution in [3.8, 4) is 0 Å². The molecule has 38 heavy (non-hydrogen) atoms. The van der Waals surface area contributed by atoms with E-state index in [0.29, 0.717) is 23.5 Å². The Bertz CT molecular complexity index is 1100. The third-order valence-electron chi connectivity index (χ3n) is 4.68. The first-order chi connectivity index (χ1) is 16.5. The first-order valence-corrected chi connectivity index (χ1v) is 8.74. The Morgan fingerprint density at radius 2 is 1.05 bits per heavy atom. The molecule has 1 aromatic carbocycles. The molecule has 0 aliphatic heterocycles. The van der Waals surface area contributed by atoms with Gasteiger partial charge in [0.1, 0.15) is 0 Å². The van der Waals surface area contributed by atoms with E-state index in [4.69, 9.17) is 0 Å². The smallest absolute Gasteiger partial charge is 0.320 e. The number of nitrogens with zero attached hydrogens (tertiary/aromatic N) is 1. The van der Waals surface area contributed by atoms with Gasteiger partial charge in [-0.25, -0.2) is 0 Å². The van der Waals surface area contributed by atoms with E-state index in [9.17, 15) is 89.5 Å². The van der Waals surface area contributed by atoms with Gasteiger partial charge in [0.05, 0.1) is 4.92 Å². The normalized spacial score (nSPS) is 14.9. The zero-order valence-corrected chi connectivity index (χ0v) is 17.3. The molecule has 0 aromatic heterocycles. The van der Waals surface area contributed by atoms with Crippen molar-refractivity contribution in [2.75, 3.05) is 5.32 Å². The van der Waals surface area contributed by atoms with Crippen molar-refractivity contribution in [1.82, 2.24) is 0 Å². The molecule has 5 nitrogen and oxygen atoms in total. The molecular formula is C16H7F17N2O3. The number of benzene rings is 1. The highest BCUT2D eigenvalue weighted by Gasteiger charge is 2.95. The van der Waals surface area contributed by atoms with Crippen LogP contribution in [0.4, 0.5) is 86.0 Å². The minimum absolute atomic E-state index is 0.306. The molecule has 0 aliphatic carbocycles. The predicted molar refractivity (Wildman–Crippen MR) is 87.1 cm³/mol. The number of carbonyl (C=O) groups excluding carboxylic acids is 1. The summed E-state index contributed by atoms with van der Waals surface area (Å²) in [6.45, 7) is 0.741. The van der Waals surface area contributed by atoms with Crippen LogP contribution in [0, 0.1) is 17.0 Å². The van der Waals surface area contributed by atoms with Crippen molar-refractivity contribution < 1.29 is 84.4 Å². The lowest BCUT2D eigenvalue weighted by Gasteiger charge is -2.42. The number of hydrogen-bond donors (Lipinski definition) is 1. The van der Waals surface area contributed by atoms with Gasteiger partial charge in [0.15, 0.2) is 0 Å². The highest BCUT2D eigenvalue weighted by Crippen LogP contribution is 2.64. The molecule has 0 saturated carbocycles. The molecule has 1 rings (SSSR count). The van der Waals surface area contributed by atoms with Crippen LogP contribution in [0.2, 0.25) is 0 Å². The largest absolute Gasteiger partial charge is 0.460 e. The molecule has 0 atom stereocenters. The summed E-state index contributed by atoms with van der Waals surface area (Å²) in [7, 11) is 0. The quantitative estimate of drug-likeness (QED) is 0.192. The summed E-state index contributed by atoms with van der Waals surface area (Å²) < 4.78 is 225. The van der Waals surface area contributed by atoms with Crippen molar-refractivity contribution in [3.63, 3.8) is 0 Å². The molecule has 0 aliphatic rings. The number of anilines is 1. The Morgan fingerprint density at radius 1 is 0.684 bits per heavy atom. The molecular weight excluding hydrogens is 591 g/mol. The number of halogens is 17. The van der Waals surface area contributed by atoms with Gasteiger partial charge in [-0.2, -0.15) is 74.6 Å². The van der Waals surface area contributed by atoms with E-state index in [2.05, 4.69) is 0 Å². The van der Waals surface area contributed by atoms with Crippen molar-refractivity contribution >= 4 is 17.3 Å². The predicted octanol–water partition coefficient (Wildman–Crippen LogP) is 6.85. The lowest BCUT2D eigenvalue weighted by molar-refractivity contribution is -0.459. The van der Waals surface area contributed by atoms with Crippen LogP contribution in [0.1, 0.15) is 5.56 Å². The third-order valence-corrected chi connectivity index (χ3v) is 4.68. The SMILES string of the molecule is Cc1cc([N+](=O)[O-])ccc1NC(=O)C(F)(F)C(F)(F)C(F)(F)C(F)(F)C(F)(F)C(F)(F)C(F)(F)C(F)(F)F. The molecule has 1 aromatic rings. The third kappa shape index (κ3) is 4.43. The van der Waals surface area contributed by atoms with Crippen molar-refractivity contribution in [1.29, 1.82) is 0 Å². The molecule has 218 valence electrons. The number of non-ortho nitro benzene ring substituents is 1. The second-order valence-corrected chi connectivity index (χ2v) is 7.23. The molecule has 1 N–H and O–H groups in total. The first-order valence-electron chi connectivity index (χ1n) is 8.74. The molecule has 0 bridgehead atoms. The number of alkyl halides is 17. The van der Waals surface area contributed by atoms with E-state index in [0.717, 1.165) is 6.92 Å². The van der Waals surface area contributed by atoms with E-state index >= 15 is 0 Å². The Balaban J connectivity index is 3.58. The van der Waals surface area contributed by atoms with Gasteiger partial charge in [-0.15, -0.1) is 0 Å². The number of nitrogens with one attached hydrogen (secondary N) is 1. The van der Waals surface area contributed by atoms with Crippen LogP contribution >= 0.6 is 0 Å². The van der Waals surface area contributed by atoms with E-state index in [1.807, 2.05) is 0 Å². The van der Waals surface area contributed by atoms with Crippen LogP contribution in [-0.4, -0.2) is 58.5 Å². The van der Waals surface area contributed by atoms with Gasteiger partial charge in [-0.05, 0) is 18.6 Å². The van der Waals surface area contributed by atoms with E-state index < -0.39 is 75.4 Å². The summed E-state index contributed by atoms with van der Waals surface area (Å²) in [5.41, 5.74) is -2.61. The van der Waals surface area contributed by atoms with E-state index in [-0.39, 0.29) is 0 Å². The fraction of sp³-hybridized carbons (Fsp3) is 0.562. The van der Waals surface area contributed by atoms with Gasteiger partial charge in [-0.1, -0.05) is 0 Å². The summed E-state index contributed by atoms with van der Waals surface area (Å²) in [5.74, 6) is -62.4. The number of nitro benzene ring substituents is 1. The van der Waals surface area contributed by atoms with Crippen LogP contribution in [0.25, 0.3) is 0 Å². The second kappa shape index (κ2) is 8.99. The van der Waals surface area contributed by atoms with Crippen molar-refractivity contribution in [2.24, 2.45) is 0 Å². The summed E-state index contributed by atoms with van der Waals surface area (Å²) in [4.78, 5) is 21.0. The topological polar surface area (TPSA) is 72.2 Å². The molecule has 0 fully saturated rings. The van der Waals surface area contributed by atoms with Crippen molar-refractivity contribution in [3.05, 3.63) is 33.9 Å². The molecule has 0 saturated heterocycles. The van der Waals surface area contributed by atoms with E-state index in [1.54, 1.807) is 0 Å². The number of rotatable bonds is 9. The zero-order chi connectivity index (χ0) is 30.7. The standard InChI is InChI=1S/C16H7F17N2O3/c1-5-4-6(35(37)38)2-3-7(5)34-8(36)9(17,18)10(19,20)11(21,22)12(23,24)13(25,26)14(27,28)15(29,30)16(31,32)33/h2-4H,1H3,(H,34,36). The summed E-state index contributed by atoms with van der Waals surface area (Å²) in [6.07, 6.45) is -7.87. The number of nitro groups is 1. The van der Waals surface area contributed by atoms with Gasteiger partial charge in [0.25, 0.3) is 5.69 Å². The van der Waals surface area contributed by atoms with Crippen LogP contribution in [0.5, 0.6) is 0 Å². The van der Waals surface area contributed by atoms with Crippen molar-refractivity contribution in [2.45, 2.75) is 54.6 Å². The number of amides is 1.